The van der Waals surface area contributed by atoms with Crippen LogP contribution in [-0.2, 0) is 4.79 Å². The smallest absolute Gasteiger partial charge is 0.234 e. The van der Waals surface area contributed by atoms with E-state index in [1.165, 1.54) is 24.4 Å². The lowest BCUT2D eigenvalue weighted by atomic mass is 9.78. The Morgan fingerprint density at radius 2 is 2.04 bits per heavy atom. The molecule has 1 saturated heterocycles. The van der Waals surface area contributed by atoms with Crippen molar-refractivity contribution in [1.29, 1.82) is 0 Å². The van der Waals surface area contributed by atoms with Gasteiger partial charge < -0.3 is 16.0 Å². The summed E-state index contributed by atoms with van der Waals surface area (Å²) in [5, 5.41) is 4.14. The molecule has 0 radical (unpaired) electrons. The van der Waals surface area contributed by atoms with Crippen molar-refractivity contribution in [2.75, 3.05) is 43.4 Å². The number of anilines is 2. The molecule has 1 aliphatic carbocycles. The van der Waals surface area contributed by atoms with Crippen molar-refractivity contribution in [3.05, 3.63) is 0 Å². The van der Waals surface area contributed by atoms with Gasteiger partial charge in [0.15, 0.2) is 0 Å². The Morgan fingerprint density at radius 3 is 2.71 bits per heavy atom. The van der Waals surface area contributed by atoms with Gasteiger partial charge in [0.05, 0.1) is 6.54 Å². The fraction of sp³-hybridized carbons (Fsp3) is 0.812. The van der Waals surface area contributed by atoms with Crippen molar-refractivity contribution < 1.29 is 4.79 Å². The van der Waals surface area contributed by atoms with Gasteiger partial charge in [-0.15, -0.1) is 0 Å². The number of nitrogen functional groups attached to an aromatic ring is 1. The molecule has 3 N–H and O–H groups in total. The summed E-state index contributed by atoms with van der Waals surface area (Å²) in [6.45, 7) is 8.50. The van der Waals surface area contributed by atoms with Crippen molar-refractivity contribution in [1.82, 2.24) is 19.6 Å². The Balaban J connectivity index is 1.43. The Bertz CT molecular complexity index is 557. The molecule has 1 amide bonds. The molecule has 2 aliphatic rings. The van der Waals surface area contributed by atoms with Gasteiger partial charge in [0.2, 0.25) is 17.0 Å². The van der Waals surface area contributed by atoms with Crippen LogP contribution >= 0.6 is 11.5 Å². The van der Waals surface area contributed by atoms with E-state index in [1.54, 1.807) is 0 Å². The van der Waals surface area contributed by atoms with E-state index < -0.39 is 0 Å². The Labute approximate surface area is 147 Å². The second kappa shape index (κ2) is 7.65. The lowest BCUT2D eigenvalue weighted by molar-refractivity contribution is -0.123. The zero-order chi connectivity index (χ0) is 17.1. The predicted molar refractivity (Wildman–Crippen MR) is 97.1 cm³/mol. The second-order valence-corrected chi connectivity index (χ2v) is 7.87. The number of hydrogen-bond acceptors (Lipinski definition) is 7. The molecule has 1 aliphatic heterocycles. The monoisotopic (exact) mass is 352 g/mol. The van der Waals surface area contributed by atoms with Gasteiger partial charge in [-0.1, -0.05) is 26.7 Å². The number of piperazine rings is 1. The second-order valence-electron chi connectivity index (χ2n) is 7.14. The fourth-order valence-electron chi connectivity index (χ4n) is 3.69. The summed E-state index contributed by atoms with van der Waals surface area (Å²) in [6.07, 6.45) is 3.62. The standard InChI is InChI=1S/C16H28N6OS/c1-11-4-3-5-13(12(11)2)18-14(23)10-21-6-8-22(9-7-21)16-19-15(17)20-24-16/h11-13H,3-10H2,1-2H3,(H2,17,20)(H,18,23). The summed E-state index contributed by atoms with van der Waals surface area (Å²) < 4.78 is 4.03. The van der Waals surface area contributed by atoms with Gasteiger partial charge in [0, 0.05) is 43.8 Å². The van der Waals surface area contributed by atoms with Gasteiger partial charge in [0.25, 0.3) is 0 Å². The minimum absolute atomic E-state index is 0.162. The predicted octanol–water partition coefficient (Wildman–Crippen LogP) is 1.18. The van der Waals surface area contributed by atoms with E-state index in [2.05, 4.69) is 38.3 Å². The first kappa shape index (κ1) is 17.4. The van der Waals surface area contributed by atoms with Crippen molar-refractivity contribution >= 4 is 28.5 Å². The normalized spacial score (nSPS) is 28.8. The van der Waals surface area contributed by atoms with Crippen LogP contribution in [-0.4, -0.2) is 58.9 Å². The highest BCUT2D eigenvalue weighted by Crippen LogP contribution is 2.29. The van der Waals surface area contributed by atoms with Crippen LogP contribution in [0.25, 0.3) is 0 Å². The molecule has 1 aromatic heterocycles. The third-order valence-electron chi connectivity index (χ3n) is 5.49. The van der Waals surface area contributed by atoms with Crippen LogP contribution in [0.5, 0.6) is 0 Å². The zero-order valence-corrected chi connectivity index (χ0v) is 15.4. The van der Waals surface area contributed by atoms with Crippen LogP contribution in [0.3, 0.4) is 0 Å². The molecule has 1 saturated carbocycles. The van der Waals surface area contributed by atoms with E-state index in [0.717, 1.165) is 37.7 Å². The molecule has 8 heteroatoms. The average Bonchev–Trinajstić information content (AvgIpc) is 2.99. The zero-order valence-electron chi connectivity index (χ0n) is 14.6. The molecule has 0 aromatic carbocycles. The number of amides is 1. The number of hydrogen-bond donors (Lipinski definition) is 2. The summed E-state index contributed by atoms with van der Waals surface area (Å²) >= 11 is 1.34. The largest absolute Gasteiger partial charge is 0.367 e. The minimum Gasteiger partial charge on any atom is -0.367 e. The Hall–Kier alpha value is -1.41. The molecule has 3 rings (SSSR count). The first-order valence-corrected chi connectivity index (χ1v) is 9.66. The van der Waals surface area contributed by atoms with Gasteiger partial charge in [0.1, 0.15) is 0 Å². The maximum atomic E-state index is 12.4. The molecule has 0 bridgehead atoms. The van der Waals surface area contributed by atoms with Crippen LogP contribution in [0, 0.1) is 11.8 Å². The molecule has 2 fully saturated rings. The first-order chi connectivity index (χ1) is 11.5. The van der Waals surface area contributed by atoms with Crippen LogP contribution in [0.2, 0.25) is 0 Å². The number of carbonyl (C=O) groups is 1. The molecule has 1 aromatic rings. The van der Waals surface area contributed by atoms with Crippen LogP contribution in [0.15, 0.2) is 0 Å². The van der Waals surface area contributed by atoms with Crippen molar-refractivity contribution in [3.63, 3.8) is 0 Å². The number of aromatic nitrogens is 2. The molecular formula is C16H28N6OS. The Morgan fingerprint density at radius 1 is 1.29 bits per heavy atom. The molecule has 7 nitrogen and oxygen atoms in total. The first-order valence-electron chi connectivity index (χ1n) is 8.89. The van der Waals surface area contributed by atoms with E-state index in [-0.39, 0.29) is 5.91 Å². The topological polar surface area (TPSA) is 87.4 Å². The van der Waals surface area contributed by atoms with Gasteiger partial charge in [-0.2, -0.15) is 9.36 Å². The number of nitrogens with zero attached hydrogens (tertiary/aromatic N) is 4. The molecular weight excluding hydrogens is 324 g/mol. The summed E-state index contributed by atoms with van der Waals surface area (Å²) in [4.78, 5) is 21.0. The number of nitrogens with two attached hydrogens (primary N) is 1. The molecule has 134 valence electrons. The number of carbonyl (C=O) groups excluding carboxylic acids is 1. The SMILES string of the molecule is CC1CCCC(NC(=O)CN2CCN(c3nc(N)ns3)CC2)C1C. The molecule has 3 unspecified atom stereocenters. The Kier molecular flexibility index (Phi) is 5.55. The number of rotatable bonds is 4. The highest BCUT2D eigenvalue weighted by atomic mass is 32.1. The summed E-state index contributed by atoms with van der Waals surface area (Å²) in [5.74, 6) is 1.77. The van der Waals surface area contributed by atoms with E-state index >= 15 is 0 Å². The lowest BCUT2D eigenvalue weighted by Gasteiger charge is -2.36. The maximum Gasteiger partial charge on any atom is 0.234 e. The number of nitrogens with one attached hydrogen (secondary N) is 1. The fourth-order valence-corrected chi connectivity index (χ4v) is 4.34. The van der Waals surface area contributed by atoms with E-state index in [1.807, 2.05) is 0 Å². The van der Waals surface area contributed by atoms with Crippen molar-refractivity contribution in [2.24, 2.45) is 11.8 Å². The van der Waals surface area contributed by atoms with Crippen molar-refractivity contribution in [3.8, 4) is 0 Å². The van der Waals surface area contributed by atoms with Gasteiger partial charge in [-0.25, -0.2) is 0 Å². The van der Waals surface area contributed by atoms with Crippen molar-refractivity contribution in [2.45, 2.75) is 39.2 Å². The van der Waals surface area contributed by atoms with Crippen LogP contribution in [0.4, 0.5) is 11.1 Å². The molecule has 2 heterocycles. The van der Waals surface area contributed by atoms with Gasteiger partial charge in [-0.05, 0) is 18.3 Å². The lowest BCUT2D eigenvalue weighted by Crippen LogP contribution is -2.52. The van der Waals surface area contributed by atoms with Gasteiger partial charge >= 0.3 is 0 Å². The van der Waals surface area contributed by atoms with E-state index in [0.29, 0.717) is 30.4 Å². The quantitative estimate of drug-likeness (QED) is 0.846. The molecule has 3 atom stereocenters. The van der Waals surface area contributed by atoms with E-state index in [4.69, 9.17) is 5.73 Å². The van der Waals surface area contributed by atoms with Crippen LogP contribution in [0.1, 0.15) is 33.1 Å². The molecule has 24 heavy (non-hydrogen) atoms. The summed E-state index contributed by atoms with van der Waals surface area (Å²) in [6, 6.07) is 0.340. The highest BCUT2D eigenvalue weighted by molar-refractivity contribution is 7.09. The highest BCUT2D eigenvalue weighted by Gasteiger charge is 2.29. The minimum atomic E-state index is 0.162. The summed E-state index contributed by atoms with van der Waals surface area (Å²) in [7, 11) is 0. The van der Waals surface area contributed by atoms with Crippen LogP contribution < -0.4 is 16.0 Å². The summed E-state index contributed by atoms with van der Waals surface area (Å²) in [5.41, 5.74) is 5.59. The molecule has 0 spiro atoms. The average molecular weight is 353 g/mol. The maximum absolute atomic E-state index is 12.4. The third-order valence-corrected chi connectivity index (χ3v) is 6.29. The van der Waals surface area contributed by atoms with E-state index in [9.17, 15) is 4.79 Å². The third kappa shape index (κ3) is 4.16. The van der Waals surface area contributed by atoms with Gasteiger partial charge in [-0.3, -0.25) is 9.69 Å².